The van der Waals surface area contributed by atoms with Gasteiger partial charge in [0.25, 0.3) is 11.2 Å². The SMILES string of the molecule is CC(C)Cn1c(=O)cnc2ccc([N+](=O)[O-])cc21. The largest absolute Gasteiger partial charge is 0.305 e. The molecule has 0 aliphatic rings. The Balaban J connectivity index is 2.72. The van der Waals surface area contributed by atoms with Crippen molar-refractivity contribution >= 4 is 16.7 Å². The molecule has 0 spiro atoms. The molecule has 6 heteroatoms. The van der Waals surface area contributed by atoms with Gasteiger partial charge in [0.1, 0.15) is 0 Å². The van der Waals surface area contributed by atoms with E-state index in [1.165, 1.54) is 22.9 Å². The Labute approximate surface area is 103 Å². The van der Waals surface area contributed by atoms with Gasteiger partial charge in [0, 0.05) is 18.7 Å². The zero-order valence-corrected chi connectivity index (χ0v) is 10.2. The van der Waals surface area contributed by atoms with E-state index in [4.69, 9.17) is 0 Å². The molecule has 2 aromatic rings. The van der Waals surface area contributed by atoms with Gasteiger partial charge in [0.15, 0.2) is 0 Å². The Bertz CT molecular complexity index is 661. The van der Waals surface area contributed by atoms with Crippen molar-refractivity contribution in [2.45, 2.75) is 20.4 Å². The molecule has 1 aromatic heterocycles. The molecule has 0 saturated carbocycles. The highest BCUT2D eigenvalue weighted by Gasteiger charge is 2.11. The number of aromatic nitrogens is 2. The van der Waals surface area contributed by atoms with E-state index in [-0.39, 0.29) is 17.2 Å². The molecule has 1 heterocycles. The molecule has 1 aromatic carbocycles. The van der Waals surface area contributed by atoms with Crippen LogP contribution < -0.4 is 5.56 Å². The molecule has 0 saturated heterocycles. The standard InChI is InChI=1S/C12H13N3O3/c1-8(2)7-14-11-5-9(15(17)18)3-4-10(11)13-6-12(14)16/h3-6,8H,7H2,1-2H3. The maximum Gasteiger partial charge on any atom is 0.271 e. The number of nitrogens with zero attached hydrogens (tertiary/aromatic N) is 3. The second-order valence-electron chi connectivity index (χ2n) is 4.53. The van der Waals surface area contributed by atoms with Gasteiger partial charge in [-0.25, -0.2) is 4.98 Å². The zero-order chi connectivity index (χ0) is 13.3. The molecule has 0 aliphatic carbocycles. The molecule has 0 atom stereocenters. The van der Waals surface area contributed by atoms with E-state index < -0.39 is 4.92 Å². The smallest absolute Gasteiger partial charge is 0.271 e. The maximum absolute atomic E-state index is 11.8. The summed E-state index contributed by atoms with van der Waals surface area (Å²) >= 11 is 0. The Hall–Kier alpha value is -2.24. The van der Waals surface area contributed by atoms with Gasteiger partial charge >= 0.3 is 0 Å². The van der Waals surface area contributed by atoms with Crippen molar-refractivity contribution in [2.75, 3.05) is 0 Å². The summed E-state index contributed by atoms with van der Waals surface area (Å²) in [6, 6.07) is 4.34. The second-order valence-corrected chi connectivity index (χ2v) is 4.53. The summed E-state index contributed by atoms with van der Waals surface area (Å²) in [6.07, 6.45) is 1.25. The van der Waals surface area contributed by atoms with Crippen LogP contribution in [0.25, 0.3) is 11.0 Å². The van der Waals surface area contributed by atoms with Crippen molar-refractivity contribution in [2.24, 2.45) is 5.92 Å². The van der Waals surface area contributed by atoms with Gasteiger partial charge in [-0.2, -0.15) is 0 Å². The van der Waals surface area contributed by atoms with Gasteiger partial charge in [0.05, 0.1) is 22.2 Å². The first-order valence-corrected chi connectivity index (χ1v) is 5.63. The van der Waals surface area contributed by atoms with E-state index in [9.17, 15) is 14.9 Å². The molecular formula is C12H13N3O3. The number of fused-ring (bicyclic) bond motifs is 1. The summed E-state index contributed by atoms with van der Waals surface area (Å²) in [7, 11) is 0. The molecule has 0 amide bonds. The van der Waals surface area contributed by atoms with E-state index in [2.05, 4.69) is 4.98 Å². The van der Waals surface area contributed by atoms with E-state index in [1.54, 1.807) is 6.07 Å². The first kappa shape index (κ1) is 12.2. The van der Waals surface area contributed by atoms with Crippen LogP contribution in [0, 0.1) is 16.0 Å². The van der Waals surface area contributed by atoms with E-state index in [0.29, 0.717) is 17.6 Å². The molecule has 0 radical (unpaired) electrons. The Kier molecular flexibility index (Phi) is 3.10. The highest BCUT2D eigenvalue weighted by Crippen LogP contribution is 2.18. The van der Waals surface area contributed by atoms with E-state index >= 15 is 0 Å². The monoisotopic (exact) mass is 247 g/mol. The highest BCUT2D eigenvalue weighted by molar-refractivity contribution is 5.77. The normalized spacial score (nSPS) is 11.1. The minimum atomic E-state index is -0.476. The summed E-state index contributed by atoms with van der Waals surface area (Å²) < 4.78 is 1.53. The van der Waals surface area contributed by atoms with Crippen LogP contribution in [0.2, 0.25) is 0 Å². The number of nitro benzene ring substituents is 1. The second kappa shape index (κ2) is 4.56. The third kappa shape index (κ3) is 2.22. The third-order valence-electron chi connectivity index (χ3n) is 2.59. The Morgan fingerprint density at radius 2 is 2.17 bits per heavy atom. The van der Waals surface area contributed by atoms with Crippen LogP contribution >= 0.6 is 0 Å². The summed E-state index contributed by atoms with van der Waals surface area (Å²) in [5, 5.41) is 10.8. The quantitative estimate of drug-likeness (QED) is 0.613. The topological polar surface area (TPSA) is 78.0 Å². The number of hydrogen-bond donors (Lipinski definition) is 0. The lowest BCUT2D eigenvalue weighted by atomic mass is 10.2. The zero-order valence-electron chi connectivity index (χ0n) is 10.2. The molecule has 6 nitrogen and oxygen atoms in total. The molecule has 0 unspecified atom stereocenters. The van der Waals surface area contributed by atoms with Crippen molar-refractivity contribution in [3.63, 3.8) is 0 Å². The van der Waals surface area contributed by atoms with Crippen molar-refractivity contribution < 1.29 is 4.92 Å². The summed E-state index contributed by atoms with van der Waals surface area (Å²) in [5.41, 5.74) is 0.815. The van der Waals surface area contributed by atoms with Crippen molar-refractivity contribution in [1.82, 2.24) is 9.55 Å². The van der Waals surface area contributed by atoms with Crippen LogP contribution in [0.3, 0.4) is 0 Å². The maximum atomic E-state index is 11.8. The molecule has 0 bridgehead atoms. The first-order chi connectivity index (χ1) is 8.49. The van der Waals surface area contributed by atoms with Gasteiger partial charge in [-0.1, -0.05) is 13.8 Å². The fourth-order valence-corrected chi connectivity index (χ4v) is 1.82. The number of hydrogen-bond acceptors (Lipinski definition) is 4. The fraction of sp³-hybridized carbons (Fsp3) is 0.333. The number of nitro groups is 1. The van der Waals surface area contributed by atoms with Gasteiger partial charge in [-0.05, 0) is 12.0 Å². The minimum Gasteiger partial charge on any atom is -0.305 e. The number of non-ortho nitro benzene ring substituents is 1. The van der Waals surface area contributed by atoms with Crippen molar-refractivity contribution in [3.8, 4) is 0 Å². The first-order valence-electron chi connectivity index (χ1n) is 5.63. The molecule has 2 rings (SSSR count). The highest BCUT2D eigenvalue weighted by atomic mass is 16.6. The van der Waals surface area contributed by atoms with E-state index in [0.717, 1.165) is 0 Å². The lowest BCUT2D eigenvalue weighted by molar-refractivity contribution is -0.384. The summed E-state index contributed by atoms with van der Waals surface area (Å²) in [5.74, 6) is 0.271. The number of rotatable bonds is 3. The average Bonchev–Trinajstić information content (AvgIpc) is 2.31. The predicted molar refractivity (Wildman–Crippen MR) is 67.5 cm³/mol. The molecule has 18 heavy (non-hydrogen) atoms. The number of benzene rings is 1. The van der Waals surface area contributed by atoms with Crippen LogP contribution in [0.5, 0.6) is 0 Å². The van der Waals surface area contributed by atoms with Crippen LogP contribution in [0.4, 0.5) is 5.69 Å². The lowest BCUT2D eigenvalue weighted by Crippen LogP contribution is -2.22. The van der Waals surface area contributed by atoms with Crippen LogP contribution in [0.1, 0.15) is 13.8 Å². The fourth-order valence-electron chi connectivity index (χ4n) is 1.82. The predicted octanol–water partition coefficient (Wildman–Crippen LogP) is 1.96. The Morgan fingerprint density at radius 1 is 1.44 bits per heavy atom. The minimum absolute atomic E-state index is 0.0348. The average molecular weight is 247 g/mol. The van der Waals surface area contributed by atoms with Gasteiger partial charge in [-0.3, -0.25) is 14.9 Å². The van der Waals surface area contributed by atoms with E-state index in [1.807, 2.05) is 13.8 Å². The third-order valence-corrected chi connectivity index (χ3v) is 2.59. The van der Waals surface area contributed by atoms with Gasteiger partial charge in [0.2, 0.25) is 0 Å². The summed E-state index contributed by atoms with van der Waals surface area (Å²) in [6.45, 7) is 4.48. The molecule has 0 aliphatic heterocycles. The molecule has 94 valence electrons. The van der Waals surface area contributed by atoms with Crippen LogP contribution in [0.15, 0.2) is 29.2 Å². The lowest BCUT2D eigenvalue weighted by Gasteiger charge is -2.11. The summed E-state index contributed by atoms with van der Waals surface area (Å²) in [4.78, 5) is 26.1. The molecular weight excluding hydrogens is 234 g/mol. The van der Waals surface area contributed by atoms with Gasteiger partial charge in [-0.15, -0.1) is 0 Å². The van der Waals surface area contributed by atoms with Crippen LogP contribution in [-0.4, -0.2) is 14.5 Å². The molecule has 0 N–H and O–H groups in total. The van der Waals surface area contributed by atoms with Crippen molar-refractivity contribution in [1.29, 1.82) is 0 Å². The van der Waals surface area contributed by atoms with Crippen LogP contribution in [-0.2, 0) is 6.54 Å². The van der Waals surface area contributed by atoms with Crippen molar-refractivity contribution in [3.05, 3.63) is 44.9 Å². The Morgan fingerprint density at radius 3 is 2.78 bits per heavy atom. The molecule has 0 fully saturated rings. The van der Waals surface area contributed by atoms with Gasteiger partial charge < -0.3 is 4.57 Å².